The van der Waals surface area contributed by atoms with E-state index in [4.69, 9.17) is 0 Å². The maximum atomic E-state index is 12.0. The average molecular weight is 317 g/mol. The van der Waals surface area contributed by atoms with Crippen LogP contribution in [0.3, 0.4) is 0 Å². The van der Waals surface area contributed by atoms with Gasteiger partial charge in [0.25, 0.3) is 5.91 Å². The van der Waals surface area contributed by atoms with E-state index in [1.54, 1.807) is 20.2 Å². The molecule has 0 saturated carbocycles. The lowest BCUT2D eigenvalue weighted by Gasteiger charge is -2.07. The van der Waals surface area contributed by atoms with E-state index < -0.39 is 12.8 Å². The van der Waals surface area contributed by atoms with Crippen LogP contribution >= 0.6 is 0 Å². The van der Waals surface area contributed by atoms with Crippen molar-refractivity contribution < 1.29 is 22.7 Å². The molecule has 120 valence electrons. The SMILES string of the molecule is Cc1nn(C)cc1C(=O)Nc1cnn(COCC(F)(F)F)c1. The Balaban J connectivity index is 1.92. The van der Waals surface area contributed by atoms with Crippen molar-refractivity contribution in [1.29, 1.82) is 0 Å². The van der Waals surface area contributed by atoms with Gasteiger partial charge in [0.15, 0.2) is 0 Å². The third-order valence-electron chi connectivity index (χ3n) is 2.64. The fraction of sp³-hybridized carbons (Fsp3) is 0.417. The molecule has 1 N–H and O–H groups in total. The maximum absolute atomic E-state index is 12.0. The van der Waals surface area contributed by atoms with Gasteiger partial charge in [-0.05, 0) is 6.92 Å². The number of anilines is 1. The standard InChI is InChI=1S/C12H14F3N5O2/c1-8-10(5-19(2)18-8)11(21)17-9-3-16-20(4-9)7-22-6-12(13,14)15/h3-5H,6-7H2,1-2H3,(H,17,21). The summed E-state index contributed by atoms with van der Waals surface area (Å²) in [5, 5.41) is 10.4. The number of hydrogen-bond donors (Lipinski definition) is 1. The van der Waals surface area contributed by atoms with Crippen LogP contribution in [0.1, 0.15) is 16.1 Å². The number of amides is 1. The van der Waals surface area contributed by atoms with Gasteiger partial charge in [0, 0.05) is 13.2 Å². The normalized spacial score (nSPS) is 11.7. The van der Waals surface area contributed by atoms with E-state index in [1.165, 1.54) is 17.1 Å². The minimum atomic E-state index is -4.39. The van der Waals surface area contributed by atoms with Gasteiger partial charge in [-0.3, -0.25) is 9.48 Å². The molecule has 1 amide bonds. The summed E-state index contributed by atoms with van der Waals surface area (Å²) in [6, 6.07) is 0. The summed E-state index contributed by atoms with van der Waals surface area (Å²) in [6.07, 6.45) is -0.121. The van der Waals surface area contributed by atoms with Crippen LogP contribution in [0.5, 0.6) is 0 Å². The summed E-state index contributed by atoms with van der Waals surface area (Å²) in [6.45, 7) is -0.0198. The van der Waals surface area contributed by atoms with E-state index in [0.29, 0.717) is 16.9 Å². The first-order valence-electron chi connectivity index (χ1n) is 6.23. The molecule has 0 aliphatic carbocycles. The molecule has 22 heavy (non-hydrogen) atoms. The van der Waals surface area contributed by atoms with E-state index in [9.17, 15) is 18.0 Å². The van der Waals surface area contributed by atoms with Gasteiger partial charge in [-0.2, -0.15) is 23.4 Å². The number of hydrogen-bond acceptors (Lipinski definition) is 4. The van der Waals surface area contributed by atoms with Gasteiger partial charge in [-0.1, -0.05) is 0 Å². The van der Waals surface area contributed by atoms with Crippen molar-refractivity contribution in [1.82, 2.24) is 19.6 Å². The Morgan fingerprint density at radius 2 is 2.14 bits per heavy atom. The van der Waals surface area contributed by atoms with E-state index in [0.717, 1.165) is 4.68 Å². The lowest BCUT2D eigenvalue weighted by molar-refractivity contribution is -0.182. The first kappa shape index (κ1) is 16.0. The number of nitrogens with zero attached hydrogens (tertiary/aromatic N) is 4. The maximum Gasteiger partial charge on any atom is 0.411 e. The van der Waals surface area contributed by atoms with Crippen molar-refractivity contribution in [2.75, 3.05) is 11.9 Å². The van der Waals surface area contributed by atoms with Crippen molar-refractivity contribution in [3.8, 4) is 0 Å². The van der Waals surface area contributed by atoms with Gasteiger partial charge in [-0.25, -0.2) is 4.68 Å². The molecule has 2 aromatic rings. The largest absolute Gasteiger partial charge is 0.411 e. The fourth-order valence-electron chi connectivity index (χ4n) is 1.77. The van der Waals surface area contributed by atoms with Gasteiger partial charge in [0.1, 0.15) is 13.3 Å². The minimum Gasteiger partial charge on any atom is -0.350 e. The summed E-state index contributed by atoms with van der Waals surface area (Å²) in [4.78, 5) is 12.0. The molecular weight excluding hydrogens is 303 g/mol. The van der Waals surface area contributed by atoms with Crippen LogP contribution < -0.4 is 5.32 Å². The number of halogens is 3. The first-order chi connectivity index (χ1) is 10.2. The van der Waals surface area contributed by atoms with Crippen molar-refractivity contribution in [2.24, 2.45) is 7.05 Å². The predicted molar refractivity (Wildman–Crippen MR) is 70.1 cm³/mol. The Hall–Kier alpha value is -2.36. The lowest BCUT2D eigenvalue weighted by atomic mass is 10.2. The molecule has 0 unspecified atom stereocenters. The molecule has 0 saturated heterocycles. The van der Waals surface area contributed by atoms with Crippen molar-refractivity contribution in [3.63, 3.8) is 0 Å². The molecule has 0 spiro atoms. The second-order valence-corrected chi connectivity index (χ2v) is 4.62. The highest BCUT2D eigenvalue weighted by Gasteiger charge is 2.27. The Kier molecular flexibility index (Phi) is 4.50. The molecular formula is C12H14F3N5O2. The van der Waals surface area contributed by atoms with Gasteiger partial charge >= 0.3 is 6.18 Å². The number of aromatic nitrogens is 4. The van der Waals surface area contributed by atoms with Crippen LogP contribution in [0, 0.1) is 6.92 Å². The first-order valence-corrected chi connectivity index (χ1v) is 6.23. The number of carbonyl (C=O) groups is 1. The molecule has 2 aromatic heterocycles. The molecule has 0 bridgehead atoms. The minimum absolute atomic E-state index is 0.351. The van der Waals surface area contributed by atoms with E-state index >= 15 is 0 Å². The Labute approximate surface area is 123 Å². The summed E-state index contributed by atoms with van der Waals surface area (Å²) in [5.74, 6) is -0.374. The predicted octanol–water partition coefficient (Wildman–Crippen LogP) is 1.71. The molecule has 2 rings (SSSR count). The molecule has 10 heteroatoms. The zero-order valence-electron chi connectivity index (χ0n) is 11.9. The second-order valence-electron chi connectivity index (χ2n) is 4.62. The number of aryl methyl sites for hydroxylation is 2. The quantitative estimate of drug-likeness (QED) is 0.911. The second kappa shape index (κ2) is 6.18. The number of nitrogens with one attached hydrogen (secondary N) is 1. The number of alkyl halides is 3. The third-order valence-corrected chi connectivity index (χ3v) is 2.64. The van der Waals surface area contributed by atoms with Gasteiger partial charge < -0.3 is 10.1 Å². The summed E-state index contributed by atoms with van der Waals surface area (Å²) in [7, 11) is 1.69. The Bertz CT molecular complexity index is 662. The molecule has 0 atom stereocenters. The van der Waals surface area contributed by atoms with Crippen molar-refractivity contribution >= 4 is 11.6 Å². The van der Waals surface area contributed by atoms with E-state index in [1.807, 2.05) is 0 Å². The van der Waals surface area contributed by atoms with Crippen molar-refractivity contribution in [3.05, 3.63) is 29.8 Å². The van der Waals surface area contributed by atoms with Crippen LogP contribution in [0.2, 0.25) is 0 Å². The lowest BCUT2D eigenvalue weighted by Crippen LogP contribution is -2.18. The fourth-order valence-corrected chi connectivity index (χ4v) is 1.77. The summed E-state index contributed by atoms with van der Waals surface area (Å²) >= 11 is 0. The Morgan fingerprint density at radius 1 is 1.41 bits per heavy atom. The van der Waals surface area contributed by atoms with Crippen LogP contribution in [0.4, 0.5) is 18.9 Å². The monoisotopic (exact) mass is 317 g/mol. The number of ether oxygens (including phenoxy) is 1. The van der Waals surface area contributed by atoms with Crippen molar-refractivity contribution in [2.45, 2.75) is 19.8 Å². The average Bonchev–Trinajstić information content (AvgIpc) is 2.94. The van der Waals surface area contributed by atoms with Gasteiger partial charge in [0.2, 0.25) is 0 Å². The van der Waals surface area contributed by atoms with E-state index in [2.05, 4.69) is 20.3 Å². The highest BCUT2D eigenvalue weighted by molar-refractivity contribution is 6.04. The molecule has 0 radical (unpaired) electrons. The van der Waals surface area contributed by atoms with Crippen LogP contribution in [0.25, 0.3) is 0 Å². The van der Waals surface area contributed by atoms with Crippen LogP contribution in [0.15, 0.2) is 18.6 Å². The zero-order chi connectivity index (χ0) is 16.3. The highest BCUT2D eigenvalue weighted by atomic mass is 19.4. The van der Waals surface area contributed by atoms with Gasteiger partial charge in [0.05, 0.1) is 29.3 Å². The molecule has 0 fully saturated rings. The summed E-state index contributed by atoms with van der Waals surface area (Å²) in [5.41, 5.74) is 1.33. The molecule has 2 heterocycles. The third kappa shape index (κ3) is 4.32. The molecule has 0 aromatic carbocycles. The van der Waals surface area contributed by atoms with Crippen LogP contribution in [-0.4, -0.2) is 38.3 Å². The van der Waals surface area contributed by atoms with E-state index in [-0.39, 0.29) is 12.6 Å². The Morgan fingerprint density at radius 3 is 2.73 bits per heavy atom. The highest BCUT2D eigenvalue weighted by Crippen LogP contribution is 2.15. The van der Waals surface area contributed by atoms with Crippen LogP contribution in [-0.2, 0) is 18.5 Å². The zero-order valence-corrected chi connectivity index (χ0v) is 11.9. The molecule has 7 nitrogen and oxygen atoms in total. The smallest absolute Gasteiger partial charge is 0.350 e. The summed E-state index contributed by atoms with van der Waals surface area (Å²) < 4.78 is 43.0. The number of rotatable bonds is 5. The molecule has 0 aliphatic heterocycles. The molecule has 0 aliphatic rings. The topological polar surface area (TPSA) is 74.0 Å². The number of carbonyl (C=O) groups excluding carboxylic acids is 1. The van der Waals surface area contributed by atoms with Gasteiger partial charge in [-0.15, -0.1) is 0 Å².